The molecule has 1 rings (SSSR count). The lowest BCUT2D eigenvalue weighted by Crippen LogP contribution is -2.38. The third-order valence-corrected chi connectivity index (χ3v) is 2.03. The van der Waals surface area contributed by atoms with Gasteiger partial charge in [0, 0.05) is 12.6 Å². The van der Waals surface area contributed by atoms with Crippen LogP contribution in [0.4, 0.5) is 0 Å². The van der Waals surface area contributed by atoms with Crippen LogP contribution in [0.15, 0.2) is 0 Å². The first kappa shape index (κ1) is 8.97. The smallest absolute Gasteiger partial charge is 0.0897 e. The maximum absolute atomic E-state index is 9.20. The van der Waals surface area contributed by atoms with Crippen molar-refractivity contribution in [2.75, 3.05) is 19.8 Å². The van der Waals surface area contributed by atoms with E-state index in [-0.39, 0.29) is 6.10 Å². The van der Waals surface area contributed by atoms with Crippen molar-refractivity contribution in [1.29, 1.82) is 0 Å². The Morgan fingerprint density at radius 2 is 2.18 bits per heavy atom. The predicted octanol–water partition coefficient (Wildman–Crippen LogP) is -0.00830. The second kappa shape index (κ2) is 4.04. The van der Waals surface area contributed by atoms with Gasteiger partial charge in [-0.05, 0) is 5.92 Å². The van der Waals surface area contributed by atoms with Gasteiger partial charge in [0.25, 0.3) is 0 Å². The van der Waals surface area contributed by atoms with E-state index in [1.54, 1.807) is 0 Å². The van der Waals surface area contributed by atoms with Crippen LogP contribution < -0.4 is 5.32 Å². The van der Waals surface area contributed by atoms with Gasteiger partial charge in [-0.25, -0.2) is 0 Å². The molecule has 0 amide bonds. The summed E-state index contributed by atoms with van der Waals surface area (Å²) < 4.78 is 5.27. The Balaban J connectivity index is 2.34. The summed E-state index contributed by atoms with van der Waals surface area (Å²) in [5.74, 6) is 0.570. The van der Waals surface area contributed by atoms with Crippen molar-refractivity contribution in [1.82, 2.24) is 5.32 Å². The summed E-state index contributed by atoms with van der Waals surface area (Å²) in [5.41, 5.74) is 0. The van der Waals surface area contributed by atoms with Gasteiger partial charge in [-0.3, -0.25) is 0 Å². The molecule has 1 heterocycles. The van der Waals surface area contributed by atoms with Gasteiger partial charge in [-0.1, -0.05) is 13.8 Å². The SMILES string of the molecule is CC(C)[C@H]1COC[C@H](O)CN1. The zero-order valence-corrected chi connectivity index (χ0v) is 7.21. The molecule has 0 aliphatic carbocycles. The van der Waals surface area contributed by atoms with Gasteiger partial charge in [-0.2, -0.15) is 0 Å². The normalized spacial score (nSPS) is 33.8. The maximum atomic E-state index is 9.20. The fourth-order valence-corrected chi connectivity index (χ4v) is 1.16. The monoisotopic (exact) mass is 159 g/mol. The fourth-order valence-electron chi connectivity index (χ4n) is 1.16. The molecule has 0 aromatic rings. The molecule has 0 saturated carbocycles. The Labute approximate surface area is 67.7 Å². The van der Waals surface area contributed by atoms with E-state index in [4.69, 9.17) is 4.74 Å². The zero-order valence-electron chi connectivity index (χ0n) is 7.21. The highest BCUT2D eigenvalue weighted by Gasteiger charge is 2.18. The number of rotatable bonds is 1. The van der Waals surface area contributed by atoms with Crippen LogP contribution in [0.3, 0.4) is 0 Å². The van der Waals surface area contributed by atoms with E-state index in [0.717, 1.165) is 0 Å². The highest BCUT2D eigenvalue weighted by Crippen LogP contribution is 2.05. The second-order valence-electron chi connectivity index (χ2n) is 3.45. The molecule has 1 fully saturated rings. The topological polar surface area (TPSA) is 41.5 Å². The molecular formula is C8H17NO2. The van der Waals surface area contributed by atoms with Crippen molar-refractivity contribution in [2.24, 2.45) is 5.92 Å². The molecule has 2 N–H and O–H groups in total. The Hall–Kier alpha value is -0.120. The first-order chi connectivity index (χ1) is 5.20. The average Bonchev–Trinajstić information content (AvgIpc) is 2.13. The van der Waals surface area contributed by atoms with Crippen LogP contribution >= 0.6 is 0 Å². The first-order valence-corrected chi connectivity index (χ1v) is 4.19. The highest BCUT2D eigenvalue weighted by atomic mass is 16.5. The Morgan fingerprint density at radius 1 is 1.45 bits per heavy atom. The van der Waals surface area contributed by atoms with Crippen LogP contribution in [0.5, 0.6) is 0 Å². The summed E-state index contributed by atoms with van der Waals surface area (Å²) in [5, 5.41) is 12.5. The van der Waals surface area contributed by atoms with Crippen LogP contribution in [-0.4, -0.2) is 37.0 Å². The van der Waals surface area contributed by atoms with Crippen molar-refractivity contribution in [3.63, 3.8) is 0 Å². The Kier molecular flexibility index (Phi) is 3.30. The number of ether oxygens (including phenoxy) is 1. The lowest BCUT2D eigenvalue weighted by Gasteiger charge is -2.18. The molecule has 0 radical (unpaired) electrons. The van der Waals surface area contributed by atoms with E-state index in [2.05, 4.69) is 19.2 Å². The van der Waals surface area contributed by atoms with Gasteiger partial charge < -0.3 is 15.2 Å². The van der Waals surface area contributed by atoms with Gasteiger partial charge in [-0.15, -0.1) is 0 Å². The van der Waals surface area contributed by atoms with Gasteiger partial charge in [0.1, 0.15) is 0 Å². The van der Waals surface area contributed by atoms with Crippen LogP contribution in [0, 0.1) is 5.92 Å². The fraction of sp³-hybridized carbons (Fsp3) is 1.00. The Bertz CT molecular complexity index is 117. The number of β-amino-alcohol motifs (C(OH)–C–C–N with tert-alkyl or cyclic N) is 1. The molecular weight excluding hydrogens is 142 g/mol. The van der Waals surface area contributed by atoms with Crippen molar-refractivity contribution in [2.45, 2.75) is 26.0 Å². The molecule has 0 aromatic heterocycles. The number of hydrogen-bond acceptors (Lipinski definition) is 3. The molecule has 0 aromatic carbocycles. The third-order valence-electron chi connectivity index (χ3n) is 2.03. The molecule has 2 atom stereocenters. The maximum Gasteiger partial charge on any atom is 0.0897 e. The molecule has 11 heavy (non-hydrogen) atoms. The largest absolute Gasteiger partial charge is 0.389 e. The van der Waals surface area contributed by atoms with E-state index in [1.807, 2.05) is 0 Å². The molecule has 0 bridgehead atoms. The molecule has 1 saturated heterocycles. The van der Waals surface area contributed by atoms with E-state index in [9.17, 15) is 5.11 Å². The molecule has 66 valence electrons. The van der Waals surface area contributed by atoms with E-state index in [0.29, 0.717) is 31.7 Å². The van der Waals surface area contributed by atoms with Crippen molar-refractivity contribution in [3.8, 4) is 0 Å². The van der Waals surface area contributed by atoms with E-state index in [1.165, 1.54) is 0 Å². The number of aliphatic hydroxyl groups is 1. The Morgan fingerprint density at radius 3 is 2.82 bits per heavy atom. The quantitative estimate of drug-likeness (QED) is 0.565. The minimum Gasteiger partial charge on any atom is -0.389 e. The van der Waals surface area contributed by atoms with Crippen LogP contribution in [0.1, 0.15) is 13.8 Å². The summed E-state index contributed by atoms with van der Waals surface area (Å²) in [6.07, 6.45) is -0.334. The van der Waals surface area contributed by atoms with E-state index >= 15 is 0 Å². The van der Waals surface area contributed by atoms with Gasteiger partial charge in [0.15, 0.2) is 0 Å². The number of hydrogen-bond donors (Lipinski definition) is 2. The second-order valence-corrected chi connectivity index (χ2v) is 3.45. The lowest BCUT2D eigenvalue weighted by molar-refractivity contribution is 0.0515. The molecule has 3 heteroatoms. The average molecular weight is 159 g/mol. The van der Waals surface area contributed by atoms with Crippen LogP contribution in [0.2, 0.25) is 0 Å². The van der Waals surface area contributed by atoms with E-state index < -0.39 is 0 Å². The molecule has 3 nitrogen and oxygen atoms in total. The van der Waals surface area contributed by atoms with Gasteiger partial charge in [0.2, 0.25) is 0 Å². The first-order valence-electron chi connectivity index (χ1n) is 4.19. The molecule has 0 unspecified atom stereocenters. The summed E-state index contributed by atoms with van der Waals surface area (Å²) in [4.78, 5) is 0. The number of nitrogens with one attached hydrogen (secondary N) is 1. The number of aliphatic hydroxyl groups excluding tert-OH is 1. The molecule has 1 aliphatic rings. The summed E-state index contributed by atoms with van der Waals surface area (Å²) in [7, 11) is 0. The van der Waals surface area contributed by atoms with Crippen LogP contribution in [-0.2, 0) is 4.74 Å². The minimum absolute atomic E-state index is 0.334. The third kappa shape index (κ3) is 2.77. The lowest BCUT2D eigenvalue weighted by atomic mass is 10.1. The highest BCUT2D eigenvalue weighted by molar-refractivity contribution is 4.75. The zero-order chi connectivity index (χ0) is 8.27. The summed E-state index contributed by atoms with van der Waals surface area (Å²) >= 11 is 0. The molecule has 0 spiro atoms. The summed E-state index contributed by atoms with van der Waals surface area (Å²) in [6, 6.07) is 0.396. The standard InChI is InChI=1S/C8H17NO2/c1-6(2)8-5-11-4-7(10)3-9-8/h6-10H,3-5H2,1-2H3/t7-,8-/m1/s1. The minimum atomic E-state index is -0.334. The van der Waals surface area contributed by atoms with Crippen LogP contribution in [0.25, 0.3) is 0 Å². The molecule has 1 aliphatic heterocycles. The summed E-state index contributed by atoms with van der Waals surface area (Å²) in [6.45, 7) is 6.14. The van der Waals surface area contributed by atoms with Gasteiger partial charge in [0.05, 0.1) is 19.3 Å². The van der Waals surface area contributed by atoms with Crippen molar-refractivity contribution < 1.29 is 9.84 Å². The van der Waals surface area contributed by atoms with Gasteiger partial charge >= 0.3 is 0 Å². The predicted molar refractivity (Wildman–Crippen MR) is 43.5 cm³/mol. The van der Waals surface area contributed by atoms with Crippen molar-refractivity contribution in [3.05, 3.63) is 0 Å². The van der Waals surface area contributed by atoms with Crippen molar-refractivity contribution >= 4 is 0 Å².